The smallest absolute Gasteiger partial charge is 0.355 e. The number of benzene rings is 2. The van der Waals surface area contributed by atoms with E-state index in [0.717, 1.165) is 0 Å². The molecular weight excluding hydrogens is 565 g/mol. The van der Waals surface area contributed by atoms with Crippen molar-refractivity contribution in [1.82, 2.24) is 15.4 Å². The van der Waals surface area contributed by atoms with Gasteiger partial charge in [0.2, 0.25) is 5.88 Å². The number of primary amides is 1. The summed E-state index contributed by atoms with van der Waals surface area (Å²) in [7, 11) is -5.05. The largest absolute Gasteiger partial charge is 0.484 e. The van der Waals surface area contributed by atoms with E-state index in [1.54, 1.807) is 13.0 Å². The molecule has 4 rings (SSSR count). The Labute approximate surface area is 233 Å². The second kappa shape index (κ2) is 11.2. The highest BCUT2D eigenvalue weighted by molar-refractivity contribution is 7.93. The van der Waals surface area contributed by atoms with Crippen LogP contribution >= 0.6 is 0 Å². The Morgan fingerprint density at radius 1 is 1.12 bits per heavy atom. The van der Waals surface area contributed by atoms with Gasteiger partial charge in [-0.3, -0.25) is 14.6 Å². The number of anilines is 3. The Balaban J connectivity index is 1.74. The van der Waals surface area contributed by atoms with Gasteiger partial charge in [0.15, 0.2) is 5.82 Å². The van der Waals surface area contributed by atoms with E-state index >= 15 is 0 Å². The molecule has 4 aromatic rings. The van der Waals surface area contributed by atoms with E-state index in [1.165, 1.54) is 42.5 Å². The van der Waals surface area contributed by atoms with E-state index in [-0.39, 0.29) is 45.4 Å². The van der Waals surface area contributed by atoms with Crippen molar-refractivity contribution in [1.29, 1.82) is 0 Å². The lowest BCUT2D eigenvalue weighted by Gasteiger charge is -2.19. The summed E-state index contributed by atoms with van der Waals surface area (Å²) < 4.78 is 76.5. The van der Waals surface area contributed by atoms with Gasteiger partial charge in [0.1, 0.15) is 23.2 Å². The van der Waals surface area contributed by atoms with E-state index in [2.05, 4.69) is 20.7 Å². The molecule has 0 bridgehead atoms. The summed E-state index contributed by atoms with van der Waals surface area (Å²) in [6.45, 7) is 7.43. The Hall–Kier alpha value is -4.53. The number of sulfonamides is 1. The van der Waals surface area contributed by atoms with E-state index in [9.17, 15) is 26.4 Å². The van der Waals surface area contributed by atoms with Crippen molar-refractivity contribution in [2.24, 2.45) is 5.73 Å². The molecule has 15 heteroatoms. The van der Waals surface area contributed by atoms with Gasteiger partial charge in [0.05, 0.1) is 17.1 Å². The number of nitrogens with one attached hydrogen (secondary N) is 3. The molecule has 0 unspecified atom stereocenters. The topological polar surface area (TPSA) is 165 Å². The molecule has 218 valence electrons. The number of H-pyrrole nitrogens is 1. The molecular formula is C26H27F3N6O5S. The fourth-order valence-electron chi connectivity index (χ4n) is 3.74. The number of nitrogens with two attached hydrogens (primary N) is 1. The summed E-state index contributed by atoms with van der Waals surface area (Å²) in [6, 6.07) is 10.8. The number of aromatic amines is 1. The van der Waals surface area contributed by atoms with Crippen LogP contribution in [0.5, 0.6) is 5.75 Å². The lowest BCUT2D eigenvalue weighted by Crippen LogP contribution is -2.21. The highest BCUT2D eigenvalue weighted by Crippen LogP contribution is 2.37. The highest BCUT2D eigenvalue weighted by atomic mass is 32.2. The van der Waals surface area contributed by atoms with Gasteiger partial charge in [-0.1, -0.05) is 44.1 Å². The zero-order valence-electron chi connectivity index (χ0n) is 22.3. The fraction of sp³-hybridized carbons (Fsp3) is 0.269. The van der Waals surface area contributed by atoms with Crippen molar-refractivity contribution in [3.05, 3.63) is 71.2 Å². The van der Waals surface area contributed by atoms with Crippen molar-refractivity contribution in [3.8, 4) is 17.0 Å². The monoisotopic (exact) mass is 592 g/mol. The van der Waals surface area contributed by atoms with E-state index in [0.29, 0.717) is 11.3 Å². The highest BCUT2D eigenvalue weighted by Gasteiger charge is 2.27. The van der Waals surface area contributed by atoms with Crippen molar-refractivity contribution < 1.29 is 35.6 Å². The molecule has 1 atom stereocenters. The van der Waals surface area contributed by atoms with Crippen LogP contribution in [0, 0.1) is 5.82 Å². The number of carbonyl (C=O) groups excluding carboxylic acids is 1. The summed E-state index contributed by atoms with van der Waals surface area (Å²) in [5, 5.41) is 13.7. The molecule has 0 aliphatic rings. The number of carbonyl (C=O) groups is 1. The van der Waals surface area contributed by atoms with Crippen LogP contribution in [-0.4, -0.2) is 35.4 Å². The van der Waals surface area contributed by atoms with Crippen molar-refractivity contribution >= 4 is 33.3 Å². The second-order valence-electron chi connectivity index (χ2n) is 10.1. The Morgan fingerprint density at radius 2 is 1.80 bits per heavy atom. The van der Waals surface area contributed by atoms with Crippen LogP contribution < -0.4 is 20.5 Å². The third-order valence-electron chi connectivity index (χ3n) is 5.93. The van der Waals surface area contributed by atoms with Crippen LogP contribution in [0.25, 0.3) is 11.3 Å². The fourth-order valence-corrected chi connectivity index (χ4v) is 4.30. The lowest BCUT2D eigenvalue weighted by atomic mass is 9.92. The minimum absolute atomic E-state index is 0.0220. The Kier molecular flexibility index (Phi) is 8.01. The van der Waals surface area contributed by atoms with Gasteiger partial charge in [-0.15, -0.1) is 0 Å². The molecule has 2 heterocycles. The number of rotatable bonds is 10. The number of halogens is 3. The zero-order valence-corrected chi connectivity index (χ0v) is 23.1. The van der Waals surface area contributed by atoms with Gasteiger partial charge in [0.25, 0.3) is 15.9 Å². The number of hydrogen-bond donors (Lipinski definition) is 4. The number of amides is 1. The maximum absolute atomic E-state index is 13.4. The second-order valence-corrected chi connectivity index (χ2v) is 11.7. The van der Waals surface area contributed by atoms with Crippen molar-refractivity contribution in [2.45, 2.75) is 45.0 Å². The number of hydrogen-bond acceptors (Lipinski definition) is 8. The van der Waals surface area contributed by atoms with Gasteiger partial charge in [-0.25, -0.2) is 12.8 Å². The number of nitrogens with zero attached hydrogens (tertiary/aromatic N) is 2. The molecule has 2 aromatic heterocycles. The van der Waals surface area contributed by atoms with E-state index in [4.69, 9.17) is 15.0 Å². The SMILES string of the molecule is C[C@H](Oc1cc(-c2[nH]nc(Nc3cc(C(C)(C)C)no3)c2C(N)=O)ccc1NS(=O)(=O)C(F)F)c1ccc(F)cc1. The van der Waals surface area contributed by atoms with E-state index < -0.39 is 33.6 Å². The third-order valence-corrected chi connectivity index (χ3v) is 6.91. The first-order valence-corrected chi connectivity index (χ1v) is 13.7. The molecule has 1 amide bonds. The molecule has 11 nitrogen and oxygen atoms in total. The number of alkyl halides is 2. The normalized spacial score (nSPS) is 12.8. The first kappa shape index (κ1) is 29.5. The molecule has 0 aliphatic carbocycles. The van der Waals surface area contributed by atoms with Crippen molar-refractivity contribution in [2.75, 3.05) is 10.0 Å². The average Bonchev–Trinajstić information content (AvgIpc) is 3.53. The Bertz CT molecular complexity index is 1660. The minimum Gasteiger partial charge on any atom is -0.484 e. The summed E-state index contributed by atoms with van der Waals surface area (Å²) in [6.07, 6.45) is -0.765. The molecule has 0 spiro atoms. The quantitative estimate of drug-likeness (QED) is 0.189. The average molecular weight is 593 g/mol. The zero-order chi connectivity index (χ0) is 30.1. The number of ether oxygens (including phenoxy) is 1. The summed E-state index contributed by atoms with van der Waals surface area (Å²) in [5.74, 6) is -4.99. The molecule has 0 radical (unpaired) electrons. The van der Waals surface area contributed by atoms with Crippen LogP contribution in [0.15, 0.2) is 53.1 Å². The first-order valence-electron chi connectivity index (χ1n) is 12.1. The summed E-state index contributed by atoms with van der Waals surface area (Å²) in [4.78, 5) is 12.5. The molecule has 2 aromatic carbocycles. The predicted octanol–water partition coefficient (Wildman–Crippen LogP) is 5.45. The van der Waals surface area contributed by atoms with Gasteiger partial charge < -0.3 is 20.3 Å². The molecule has 0 saturated carbocycles. The van der Waals surface area contributed by atoms with Gasteiger partial charge in [-0.05, 0) is 36.8 Å². The molecule has 5 N–H and O–H groups in total. The van der Waals surface area contributed by atoms with Crippen LogP contribution in [0.4, 0.5) is 30.6 Å². The van der Waals surface area contributed by atoms with Gasteiger partial charge in [0, 0.05) is 17.0 Å². The molecule has 0 saturated heterocycles. The summed E-state index contributed by atoms with van der Waals surface area (Å²) >= 11 is 0. The Morgan fingerprint density at radius 3 is 2.39 bits per heavy atom. The first-order chi connectivity index (χ1) is 19.2. The molecule has 0 aliphatic heterocycles. The molecule has 41 heavy (non-hydrogen) atoms. The van der Waals surface area contributed by atoms with Gasteiger partial charge >= 0.3 is 5.76 Å². The van der Waals surface area contributed by atoms with E-state index in [1.807, 2.05) is 25.5 Å². The maximum Gasteiger partial charge on any atom is 0.355 e. The summed E-state index contributed by atoms with van der Waals surface area (Å²) in [5.41, 5.74) is 6.54. The predicted molar refractivity (Wildman–Crippen MR) is 145 cm³/mol. The van der Waals surface area contributed by atoms with Gasteiger partial charge in [-0.2, -0.15) is 13.9 Å². The third kappa shape index (κ3) is 6.62. The van der Waals surface area contributed by atoms with Crippen LogP contribution in [0.3, 0.4) is 0 Å². The van der Waals surface area contributed by atoms with Crippen LogP contribution in [-0.2, 0) is 15.4 Å². The molecule has 0 fully saturated rings. The minimum atomic E-state index is -5.05. The van der Waals surface area contributed by atoms with Crippen LogP contribution in [0.1, 0.15) is 55.4 Å². The van der Waals surface area contributed by atoms with Crippen molar-refractivity contribution in [3.63, 3.8) is 0 Å². The lowest BCUT2D eigenvalue weighted by molar-refractivity contribution is 0.100. The maximum atomic E-state index is 13.4. The number of aromatic nitrogens is 3. The van der Waals surface area contributed by atoms with Crippen LogP contribution in [0.2, 0.25) is 0 Å². The standard InChI is InChI=1S/C26H27F3N6O5S/c1-13(14-5-8-16(27)9-6-14)39-18-11-15(7-10-17(18)35-41(37,38)25(28)29)22-21(23(30)36)24(33-32-22)31-20-12-19(34-40-20)26(2,3)4/h5-13,25,35H,1-4H3,(H2,30,36)(H2,31,32,33)/t13-/m0/s1.